The molecule has 0 saturated carbocycles. The zero-order valence-corrected chi connectivity index (χ0v) is 11.4. The van der Waals surface area contributed by atoms with Crippen molar-refractivity contribution in [3.8, 4) is 5.75 Å². The molecule has 0 atom stereocenters. The van der Waals surface area contributed by atoms with Crippen molar-refractivity contribution in [2.45, 2.75) is 0 Å². The minimum absolute atomic E-state index is 0.0728. The molecule has 21 heavy (non-hydrogen) atoms. The zero-order chi connectivity index (χ0) is 15.2. The van der Waals surface area contributed by atoms with Crippen LogP contribution in [-0.2, 0) is 4.79 Å². The Kier molecular flexibility index (Phi) is 4.50. The lowest BCUT2D eigenvalue weighted by atomic mass is 10.3. The maximum atomic E-state index is 12.0. The molecule has 0 bridgehead atoms. The summed E-state index contributed by atoms with van der Waals surface area (Å²) >= 11 is 0. The number of nitro groups is 1. The molecule has 0 aliphatic carbocycles. The van der Waals surface area contributed by atoms with E-state index in [-0.39, 0.29) is 18.2 Å². The number of amides is 1. The topological polar surface area (TPSA) is 72.7 Å². The molecule has 0 unspecified atom stereocenters. The maximum Gasteiger partial charge on any atom is 0.273 e. The first-order chi connectivity index (χ1) is 10.1. The van der Waals surface area contributed by atoms with Gasteiger partial charge in [-0.25, -0.2) is 0 Å². The second-order valence-corrected chi connectivity index (χ2v) is 4.33. The van der Waals surface area contributed by atoms with Crippen LogP contribution in [0.25, 0.3) is 0 Å². The standard InChI is InChI=1S/C15H14N2O4/c1-16(12-6-3-2-4-7-12)15(18)11-21-14-9-5-8-13(10-14)17(19)20/h2-10H,11H2,1H3. The first-order valence-corrected chi connectivity index (χ1v) is 6.27. The highest BCUT2D eigenvalue weighted by atomic mass is 16.6. The summed E-state index contributed by atoms with van der Waals surface area (Å²) in [4.78, 5) is 23.6. The Hall–Kier alpha value is -2.89. The third kappa shape index (κ3) is 3.79. The van der Waals surface area contributed by atoms with E-state index in [1.807, 2.05) is 30.3 Å². The predicted molar refractivity (Wildman–Crippen MR) is 78.4 cm³/mol. The lowest BCUT2D eigenvalue weighted by Gasteiger charge is -2.17. The number of nitro benzene ring substituents is 1. The van der Waals surface area contributed by atoms with Crippen LogP contribution in [0.1, 0.15) is 0 Å². The van der Waals surface area contributed by atoms with Crippen LogP contribution in [0.2, 0.25) is 0 Å². The summed E-state index contributed by atoms with van der Waals surface area (Å²) in [5, 5.41) is 10.7. The van der Waals surface area contributed by atoms with Gasteiger partial charge in [0.2, 0.25) is 0 Å². The highest BCUT2D eigenvalue weighted by molar-refractivity contribution is 5.93. The molecule has 108 valence electrons. The molecule has 1 amide bonds. The molecule has 2 aromatic rings. The summed E-state index contributed by atoms with van der Waals surface area (Å²) < 4.78 is 5.31. The summed E-state index contributed by atoms with van der Waals surface area (Å²) in [6.45, 7) is -0.188. The number of likely N-dealkylation sites (N-methyl/N-ethyl adjacent to an activating group) is 1. The molecule has 0 spiro atoms. The number of nitrogens with zero attached hydrogens (tertiary/aromatic N) is 2. The van der Waals surface area contributed by atoms with E-state index in [1.54, 1.807) is 13.1 Å². The van der Waals surface area contributed by atoms with Crippen LogP contribution in [0.15, 0.2) is 54.6 Å². The Balaban J connectivity index is 1.98. The zero-order valence-electron chi connectivity index (χ0n) is 11.4. The average Bonchev–Trinajstić information content (AvgIpc) is 2.53. The molecule has 6 heteroatoms. The number of rotatable bonds is 5. The van der Waals surface area contributed by atoms with Gasteiger partial charge in [-0.2, -0.15) is 0 Å². The van der Waals surface area contributed by atoms with E-state index in [0.29, 0.717) is 5.75 Å². The van der Waals surface area contributed by atoms with Gasteiger partial charge in [-0.1, -0.05) is 24.3 Å². The van der Waals surface area contributed by atoms with Gasteiger partial charge in [0.05, 0.1) is 11.0 Å². The molecular weight excluding hydrogens is 272 g/mol. The molecular formula is C15H14N2O4. The van der Waals surface area contributed by atoms with Crippen molar-refractivity contribution in [3.05, 3.63) is 64.7 Å². The van der Waals surface area contributed by atoms with Gasteiger partial charge in [0.1, 0.15) is 5.75 Å². The first-order valence-electron chi connectivity index (χ1n) is 6.27. The van der Waals surface area contributed by atoms with Crippen LogP contribution in [0, 0.1) is 10.1 Å². The fourth-order valence-electron chi connectivity index (χ4n) is 1.72. The minimum atomic E-state index is -0.509. The van der Waals surface area contributed by atoms with Crippen LogP contribution >= 0.6 is 0 Å². The quantitative estimate of drug-likeness (QED) is 0.625. The molecule has 0 fully saturated rings. The monoisotopic (exact) mass is 286 g/mol. The number of anilines is 1. The average molecular weight is 286 g/mol. The normalized spacial score (nSPS) is 9.95. The van der Waals surface area contributed by atoms with Crippen molar-refractivity contribution in [2.75, 3.05) is 18.6 Å². The Morgan fingerprint density at radius 2 is 1.90 bits per heavy atom. The molecule has 0 aromatic heterocycles. The van der Waals surface area contributed by atoms with Gasteiger partial charge in [0.15, 0.2) is 6.61 Å². The number of carbonyl (C=O) groups excluding carboxylic acids is 1. The van der Waals surface area contributed by atoms with Crippen LogP contribution < -0.4 is 9.64 Å². The Morgan fingerprint density at radius 3 is 2.57 bits per heavy atom. The number of non-ortho nitro benzene ring substituents is 1. The van der Waals surface area contributed by atoms with Crippen molar-refractivity contribution in [1.82, 2.24) is 0 Å². The summed E-state index contributed by atoms with van der Waals surface area (Å²) in [6, 6.07) is 14.9. The summed E-state index contributed by atoms with van der Waals surface area (Å²) in [7, 11) is 1.65. The van der Waals surface area contributed by atoms with Gasteiger partial charge in [0.25, 0.3) is 11.6 Å². The third-order valence-corrected chi connectivity index (χ3v) is 2.91. The second kappa shape index (κ2) is 6.51. The molecule has 2 aromatic carbocycles. The maximum absolute atomic E-state index is 12.0. The molecule has 0 aliphatic rings. The van der Waals surface area contributed by atoms with Gasteiger partial charge in [0, 0.05) is 18.8 Å². The van der Waals surface area contributed by atoms with Gasteiger partial charge >= 0.3 is 0 Å². The molecule has 0 N–H and O–H groups in total. The number of hydrogen-bond donors (Lipinski definition) is 0. The van der Waals surface area contributed by atoms with E-state index >= 15 is 0 Å². The Bertz CT molecular complexity index is 643. The number of benzene rings is 2. The van der Waals surface area contributed by atoms with Gasteiger partial charge in [-0.3, -0.25) is 14.9 Å². The molecule has 6 nitrogen and oxygen atoms in total. The van der Waals surface area contributed by atoms with Crippen LogP contribution in [0.4, 0.5) is 11.4 Å². The van der Waals surface area contributed by atoms with Crippen molar-refractivity contribution in [3.63, 3.8) is 0 Å². The van der Waals surface area contributed by atoms with Crippen molar-refractivity contribution in [2.24, 2.45) is 0 Å². The van der Waals surface area contributed by atoms with E-state index in [4.69, 9.17) is 4.74 Å². The molecule has 0 heterocycles. The number of carbonyl (C=O) groups is 1. The van der Waals surface area contributed by atoms with Crippen LogP contribution in [-0.4, -0.2) is 24.5 Å². The third-order valence-electron chi connectivity index (χ3n) is 2.91. The highest BCUT2D eigenvalue weighted by Gasteiger charge is 2.12. The second-order valence-electron chi connectivity index (χ2n) is 4.33. The Labute approximate surface area is 121 Å². The number of para-hydroxylation sites is 1. The van der Waals surface area contributed by atoms with E-state index in [0.717, 1.165) is 5.69 Å². The lowest BCUT2D eigenvalue weighted by molar-refractivity contribution is -0.384. The number of hydrogen-bond acceptors (Lipinski definition) is 4. The largest absolute Gasteiger partial charge is 0.483 e. The van der Waals surface area contributed by atoms with Gasteiger partial charge in [-0.15, -0.1) is 0 Å². The Morgan fingerprint density at radius 1 is 1.19 bits per heavy atom. The summed E-state index contributed by atoms with van der Waals surface area (Å²) in [5.41, 5.74) is 0.682. The van der Waals surface area contributed by atoms with E-state index in [2.05, 4.69) is 0 Å². The van der Waals surface area contributed by atoms with E-state index < -0.39 is 4.92 Å². The first kappa shape index (κ1) is 14.5. The van der Waals surface area contributed by atoms with Crippen molar-refractivity contribution >= 4 is 17.3 Å². The number of ether oxygens (including phenoxy) is 1. The smallest absolute Gasteiger partial charge is 0.273 e. The van der Waals surface area contributed by atoms with Crippen molar-refractivity contribution < 1.29 is 14.5 Å². The van der Waals surface area contributed by atoms with Crippen molar-refractivity contribution in [1.29, 1.82) is 0 Å². The van der Waals surface area contributed by atoms with Crippen LogP contribution in [0.5, 0.6) is 5.75 Å². The molecule has 2 rings (SSSR count). The minimum Gasteiger partial charge on any atom is -0.483 e. The SMILES string of the molecule is CN(C(=O)COc1cccc([N+](=O)[O-])c1)c1ccccc1. The van der Waals surface area contributed by atoms with Gasteiger partial charge < -0.3 is 9.64 Å². The van der Waals surface area contributed by atoms with Crippen LogP contribution in [0.3, 0.4) is 0 Å². The molecule has 0 saturated heterocycles. The predicted octanol–water partition coefficient (Wildman–Crippen LogP) is 2.64. The molecule has 0 radical (unpaired) electrons. The van der Waals surface area contributed by atoms with E-state index in [9.17, 15) is 14.9 Å². The molecule has 0 aliphatic heterocycles. The fraction of sp³-hybridized carbons (Fsp3) is 0.133. The van der Waals surface area contributed by atoms with E-state index in [1.165, 1.54) is 23.1 Å². The van der Waals surface area contributed by atoms with Gasteiger partial charge in [-0.05, 0) is 18.2 Å². The highest BCUT2D eigenvalue weighted by Crippen LogP contribution is 2.19. The lowest BCUT2D eigenvalue weighted by Crippen LogP contribution is -2.31. The summed E-state index contributed by atoms with van der Waals surface area (Å²) in [5.74, 6) is 0.0479. The summed E-state index contributed by atoms with van der Waals surface area (Å²) in [6.07, 6.45) is 0. The fourth-order valence-corrected chi connectivity index (χ4v) is 1.72.